The van der Waals surface area contributed by atoms with Gasteiger partial charge in [-0.1, -0.05) is 48.5 Å². The summed E-state index contributed by atoms with van der Waals surface area (Å²) in [5, 5.41) is 6.39. The second-order valence-electron chi connectivity index (χ2n) is 5.70. The van der Waals surface area contributed by atoms with Crippen molar-refractivity contribution in [2.75, 3.05) is 5.32 Å². The van der Waals surface area contributed by atoms with Gasteiger partial charge in [0.05, 0.1) is 5.69 Å². The third-order valence-corrected chi connectivity index (χ3v) is 4.74. The van der Waals surface area contributed by atoms with Crippen LogP contribution < -0.4 is 5.32 Å². The summed E-state index contributed by atoms with van der Waals surface area (Å²) in [5.74, 6) is 0. The van der Waals surface area contributed by atoms with E-state index in [9.17, 15) is 0 Å². The van der Waals surface area contributed by atoms with Crippen LogP contribution in [0.1, 0.15) is 5.56 Å². The van der Waals surface area contributed by atoms with Gasteiger partial charge in [0.25, 0.3) is 0 Å². The second-order valence-corrected chi connectivity index (χ2v) is 6.56. The lowest BCUT2D eigenvalue weighted by molar-refractivity contribution is 1.14. The van der Waals surface area contributed by atoms with Crippen molar-refractivity contribution in [3.8, 4) is 22.4 Å². The van der Waals surface area contributed by atoms with Gasteiger partial charge < -0.3 is 5.32 Å². The van der Waals surface area contributed by atoms with Crippen molar-refractivity contribution in [1.29, 1.82) is 0 Å². The van der Waals surface area contributed by atoms with E-state index < -0.39 is 0 Å². The van der Waals surface area contributed by atoms with Gasteiger partial charge in [-0.15, -0.1) is 11.3 Å². The average Bonchev–Trinajstić information content (AvgIpc) is 3.17. The van der Waals surface area contributed by atoms with Crippen LogP contribution in [-0.2, 0) is 6.54 Å². The number of hydrogen-bond donors (Lipinski definition) is 1. The molecule has 0 radical (unpaired) electrons. The van der Waals surface area contributed by atoms with Crippen LogP contribution in [-0.4, -0.2) is 9.97 Å². The zero-order chi connectivity index (χ0) is 16.9. The minimum Gasteiger partial charge on any atom is -0.357 e. The van der Waals surface area contributed by atoms with Gasteiger partial charge in [0.2, 0.25) is 0 Å². The highest BCUT2D eigenvalue weighted by molar-refractivity contribution is 7.14. The highest BCUT2D eigenvalue weighted by Gasteiger charge is 2.05. The Morgan fingerprint density at radius 1 is 0.840 bits per heavy atom. The number of aromatic nitrogens is 2. The molecule has 0 saturated carbocycles. The molecule has 0 aliphatic heterocycles. The van der Waals surface area contributed by atoms with E-state index in [1.807, 2.05) is 24.4 Å². The van der Waals surface area contributed by atoms with E-state index in [4.69, 9.17) is 0 Å². The van der Waals surface area contributed by atoms with Crippen molar-refractivity contribution in [1.82, 2.24) is 9.97 Å². The van der Waals surface area contributed by atoms with Crippen molar-refractivity contribution >= 4 is 16.5 Å². The summed E-state index contributed by atoms with van der Waals surface area (Å²) in [6.45, 7) is 0.751. The van der Waals surface area contributed by atoms with Crippen molar-refractivity contribution < 1.29 is 0 Å². The number of pyridine rings is 1. The Labute approximate surface area is 151 Å². The summed E-state index contributed by atoms with van der Waals surface area (Å²) in [5.41, 5.74) is 5.70. The number of anilines is 1. The van der Waals surface area contributed by atoms with E-state index in [0.717, 1.165) is 22.9 Å². The topological polar surface area (TPSA) is 37.8 Å². The van der Waals surface area contributed by atoms with Gasteiger partial charge in [-0.25, -0.2) is 4.98 Å². The molecule has 0 bridgehead atoms. The Hall–Kier alpha value is -2.98. The molecular weight excluding hydrogens is 326 g/mol. The normalized spacial score (nSPS) is 10.6. The third kappa shape index (κ3) is 3.75. The molecule has 2 aromatic heterocycles. The maximum atomic E-state index is 4.64. The Bertz CT molecular complexity index is 949. The minimum absolute atomic E-state index is 0.751. The fourth-order valence-electron chi connectivity index (χ4n) is 2.67. The predicted octanol–water partition coefficient (Wildman–Crippen LogP) is 5.48. The largest absolute Gasteiger partial charge is 0.357 e. The molecule has 0 unspecified atom stereocenters. The molecule has 0 aliphatic carbocycles. The molecule has 0 spiro atoms. The molecule has 0 saturated heterocycles. The number of nitrogens with zero attached hydrogens (tertiary/aromatic N) is 2. The number of benzene rings is 2. The number of hydrogen-bond acceptors (Lipinski definition) is 4. The van der Waals surface area contributed by atoms with Crippen LogP contribution in [0.4, 0.5) is 5.13 Å². The monoisotopic (exact) mass is 343 g/mol. The first-order valence-corrected chi connectivity index (χ1v) is 9.00. The Kier molecular flexibility index (Phi) is 4.53. The Morgan fingerprint density at radius 2 is 1.68 bits per heavy atom. The fraction of sp³-hybridized carbons (Fsp3) is 0.0476. The maximum absolute atomic E-state index is 4.64. The maximum Gasteiger partial charge on any atom is 0.183 e. The molecule has 4 heteroatoms. The summed E-state index contributed by atoms with van der Waals surface area (Å²) in [4.78, 5) is 8.79. The van der Waals surface area contributed by atoms with Gasteiger partial charge in [0.15, 0.2) is 5.13 Å². The van der Waals surface area contributed by atoms with Crippen LogP contribution in [0.2, 0.25) is 0 Å². The smallest absolute Gasteiger partial charge is 0.183 e. The van der Waals surface area contributed by atoms with E-state index in [-0.39, 0.29) is 0 Å². The summed E-state index contributed by atoms with van der Waals surface area (Å²) < 4.78 is 0. The van der Waals surface area contributed by atoms with Crippen molar-refractivity contribution in [3.63, 3.8) is 0 Å². The van der Waals surface area contributed by atoms with Crippen LogP contribution in [0.3, 0.4) is 0 Å². The summed E-state index contributed by atoms with van der Waals surface area (Å²) >= 11 is 1.61. The molecule has 4 rings (SSSR count). The molecule has 25 heavy (non-hydrogen) atoms. The highest BCUT2D eigenvalue weighted by Crippen LogP contribution is 2.25. The van der Waals surface area contributed by atoms with Crippen LogP contribution in [0.15, 0.2) is 84.5 Å². The van der Waals surface area contributed by atoms with E-state index in [1.165, 1.54) is 16.7 Å². The molecule has 122 valence electrons. The fourth-order valence-corrected chi connectivity index (χ4v) is 3.39. The minimum atomic E-state index is 0.751. The van der Waals surface area contributed by atoms with Crippen LogP contribution in [0.25, 0.3) is 22.4 Å². The standard InChI is InChI=1S/C21H17N3S/c1-2-7-17(8-3-1)18-9-4-6-16(12-18)13-23-21-24-20(15-25-21)19-10-5-11-22-14-19/h1-12,14-15H,13H2,(H,23,24). The van der Waals surface area contributed by atoms with Gasteiger partial charge in [-0.2, -0.15) is 0 Å². The molecule has 0 atom stereocenters. The van der Waals surface area contributed by atoms with Gasteiger partial charge >= 0.3 is 0 Å². The van der Waals surface area contributed by atoms with Crippen LogP contribution >= 0.6 is 11.3 Å². The van der Waals surface area contributed by atoms with Gasteiger partial charge in [0.1, 0.15) is 0 Å². The van der Waals surface area contributed by atoms with E-state index in [0.29, 0.717) is 0 Å². The summed E-state index contributed by atoms with van der Waals surface area (Å²) in [6.07, 6.45) is 3.61. The molecular formula is C21H17N3S. The zero-order valence-corrected chi connectivity index (χ0v) is 14.4. The van der Waals surface area contributed by atoms with Crippen molar-refractivity contribution in [3.05, 3.63) is 90.1 Å². The average molecular weight is 343 g/mol. The lowest BCUT2D eigenvalue weighted by atomic mass is 10.0. The van der Waals surface area contributed by atoms with Gasteiger partial charge in [-0.05, 0) is 34.9 Å². The predicted molar refractivity (Wildman–Crippen MR) is 105 cm³/mol. The number of rotatable bonds is 5. The molecule has 2 aromatic carbocycles. The quantitative estimate of drug-likeness (QED) is 0.521. The first kappa shape index (κ1) is 15.5. The number of nitrogens with one attached hydrogen (secondary N) is 1. The van der Waals surface area contributed by atoms with E-state index in [2.05, 4.69) is 69.2 Å². The first-order chi connectivity index (χ1) is 12.4. The first-order valence-electron chi connectivity index (χ1n) is 8.13. The lowest BCUT2D eigenvalue weighted by Crippen LogP contribution is -1.99. The molecule has 4 aromatic rings. The lowest BCUT2D eigenvalue weighted by Gasteiger charge is -2.06. The van der Waals surface area contributed by atoms with Crippen molar-refractivity contribution in [2.45, 2.75) is 6.54 Å². The summed E-state index contributed by atoms with van der Waals surface area (Å²) in [7, 11) is 0. The van der Waals surface area contributed by atoms with Crippen LogP contribution in [0, 0.1) is 0 Å². The second kappa shape index (κ2) is 7.28. The summed E-state index contributed by atoms with van der Waals surface area (Å²) in [6, 6.07) is 23.0. The third-order valence-electron chi connectivity index (χ3n) is 3.94. The molecule has 2 heterocycles. The van der Waals surface area contributed by atoms with Gasteiger partial charge in [0, 0.05) is 29.9 Å². The van der Waals surface area contributed by atoms with Gasteiger partial charge in [-0.3, -0.25) is 4.98 Å². The van der Waals surface area contributed by atoms with Crippen LogP contribution in [0.5, 0.6) is 0 Å². The molecule has 3 nitrogen and oxygen atoms in total. The molecule has 0 aliphatic rings. The highest BCUT2D eigenvalue weighted by atomic mass is 32.1. The van der Waals surface area contributed by atoms with E-state index >= 15 is 0 Å². The zero-order valence-electron chi connectivity index (χ0n) is 13.6. The van der Waals surface area contributed by atoms with E-state index in [1.54, 1.807) is 17.5 Å². The Morgan fingerprint density at radius 3 is 2.52 bits per heavy atom. The number of thiazole rings is 1. The molecule has 0 amide bonds. The SMILES string of the molecule is c1ccc(-c2cccc(CNc3nc(-c4cccnc4)cs3)c2)cc1. The molecule has 1 N–H and O–H groups in total. The molecule has 0 fully saturated rings. The van der Waals surface area contributed by atoms with Crippen molar-refractivity contribution in [2.24, 2.45) is 0 Å². The Balaban J connectivity index is 1.46.